The molecular weight excluding hydrogens is 216 g/mol. The van der Waals surface area contributed by atoms with Crippen LogP contribution < -0.4 is 0 Å². The second-order valence-electron chi connectivity index (χ2n) is 4.73. The quantitative estimate of drug-likeness (QED) is 0.549. The van der Waals surface area contributed by atoms with Crippen LogP contribution in [0.1, 0.15) is 25.0 Å². The Bertz CT molecular complexity index is 480. The number of hydrogen-bond acceptors (Lipinski definition) is 3. The largest absolute Gasteiger partial charge is 0.452 e. The van der Waals surface area contributed by atoms with Gasteiger partial charge in [-0.15, -0.1) is 0 Å². The average Bonchev–Trinajstić information content (AvgIpc) is 2.73. The number of carbonyl (C=O) groups is 1. The molecule has 88 valence electrons. The molecule has 3 atom stereocenters. The van der Waals surface area contributed by atoms with Crippen LogP contribution in [0.15, 0.2) is 42.5 Å². The van der Waals surface area contributed by atoms with Crippen LogP contribution in [0.2, 0.25) is 0 Å². The van der Waals surface area contributed by atoms with Gasteiger partial charge in [0.15, 0.2) is 5.60 Å². The van der Waals surface area contributed by atoms with E-state index in [9.17, 15) is 4.79 Å². The first kappa shape index (κ1) is 10.5. The van der Waals surface area contributed by atoms with Gasteiger partial charge in [-0.25, -0.2) is 0 Å². The Balaban J connectivity index is 1.94. The maximum absolute atomic E-state index is 11.3. The van der Waals surface area contributed by atoms with Gasteiger partial charge in [-0.1, -0.05) is 36.9 Å². The molecule has 2 aliphatic heterocycles. The minimum absolute atomic E-state index is 0.167. The van der Waals surface area contributed by atoms with Crippen molar-refractivity contribution in [3.8, 4) is 0 Å². The first-order valence-electron chi connectivity index (χ1n) is 5.73. The van der Waals surface area contributed by atoms with Crippen molar-refractivity contribution in [2.24, 2.45) is 0 Å². The fourth-order valence-corrected chi connectivity index (χ4v) is 2.55. The molecule has 0 spiro atoms. The van der Waals surface area contributed by atoms with Crippen molar-refractivity contribution in [2.45, 2.75) is 31.2 Å². The van der Waals surface area contributed by atoms with E-state index in [1.807, 2.05) is 37.3 Å². The molecule has 0 N–H and O–H groups in total. The Kier molecular flexibility index (Phi) is 2.13. The Morgan fingerprint density at radius 1 is 1.35 bits per heavy atom. The Morgan fingerprint density at radius 2 is 2.06 bits per heavy atom. The van der Waals surface area contributed by atoms with E-state index in [2.05, 4.69) is 6.58 Å². The normalized spacial score (nSPS) is 35.8. The molecule has 0 aromatic heterocycles. The molecule has 1 aromatic rings. The molecule has 0 radical (unpaired) electrons. The van der Waals surface area contributed by atoms with E-state index in [0.717, 1.165) is 11.1 Å². The van der Waals surface area contributed by atoms with Gasteiger partial charge in [0.1, 0.15) is 12.2 Å². The van der Waals surface area contributed by atoms with E-state index >= 15 is 0 Å². The third-order valence-electron chi connectivity index (χ3n) is 3.65. The van der Waals surface area contributed by atoms with Crippen LogP contribution in [0.25, 0.3) is 0 Å². The third-order valence-corrected chi connectivity index (χ3v) is 3.65. The van der Waals surface area contributed by atoms with Crippen LogP contribution in [0.3, 0.4) is 0 Å². The monoisotopic (exact) mass is 230 g/mol. The average molecular weight is 230 g/mol. The van der Waals surface area contributed by atoms with Crippen molar-refractivity contribution >= 4 is 5.97 Å². The first-order valence-corrected chi connectivity index (χ1v) is 5.73. The van der Waals surface area contributed by atoms with Gasteiger partial charge in [0.2, 0.25) is 0 Å². The van der Waals surface area contributed by atoms with Crippen LogP contribution in [0.5, 0.6) is 0 Å². The van der Waals surface area contributed by atoms with Gasteiger partial charge in [0.05, 0.1) is 6.42 Å². The zero-order valence-corrected chi connectivity index (χ0v) is 9.68. The summed E-state index contributed by atoms with van der Waals surface area (Å²) in [6, 6.07) is 9.90. The molecule has 0 amide bonds. The Hall–Kier alpha value is -1.61. The van der Waals surface area contributed by atoms with Crippen LogP contribution in [0, 0.1) is 0 Å². The molecular formula is C14H14O3. The minimum Gasteiger partial charge on any atom is -0.452 e. The van der Waals surface area contributed by atoms with Gasteiger partial charge in [-0.3, -0.25) is 4.79 Å². The Labute approximate surface area is 100 Å². The van der Waals surface area contributed by atoms with Gasteiger partial charge in [-0.2, -0.15) is 0 Å². The smallest absolute Gasteiger partial charge is 0.309 e. The Morgan fingerprint density at radius 3 is 2.71 bits per heavy atom. The lowest BCUT2D eigenvalue weighted by molar-refractivity contribution is -0.144. The number of carbonyl (C=O) groups excluding carboxylic acids is 1. The highest BCUT2D eigenvalue weighted by Crippen LogP contribution is 2.49. The summed E-state index contributed by atoms with van der Waals surface area (Å²) in [5, 5.41) is 0. The van der Waals surface area contributed by atoms with E-state index in [-0.39, 0.29) is 18.2 Å². The highest BCUT2D eigenvalue weighted by molar-refractivity contribution is 5.75. The number of benzene rings is 1. The standard InChI is InChI=1S/C14H14O3/c1-9-13(10-6-4-3-5-7-10)16-11-8-12(15)17-14(9,11)2/h3-7,11,13H,1,8H2,2H3/t11-,13+,14-/m1/s1. The van der Waals surface area contributed by atoms with E-state index in [1.54, 1.807) is 0 Å². The highest BCUT2D eigenvalue weighted by Gasteiger charge is 2.56. The topological polar surface area (TPSA) is 35.5 Å². The number of ether oxygens (including phenoxy) is 2. The number of rotatable bonds is 1. The van der Waals surface area contributed by atoms with Gasteiger partial charge < -0.3 is 9.47 Å². The molecule has 3 nitrogen and oxygen atoms in total. The number of fused-ring (bicyclic) bond motifs is 1. The molecule has 1 aromatic carbocycles. The van der Waals surface area contributed by atoms with Crippen molar-refractivity contribution < 1.29 is 14.3 Å². The fraction of sp³-hybridized carbons (Fsp3) is 0.357. The lowest BCUT2D eigenvalue weighted by atomic mass is 9.89. The summed E-state index contributed by atoms with van der Waals surface area (Å²) >= 11 is 0. The van der Waals surface area contributed by atoms with Crippen molar-refractivity contribution in [1.82, 2.24) is 0 Å². The molecule has 3 rings (SSSR count). The van der Waals surface area contributed by atoms with Gasteiger partial charge in [-0.05, 0) is 12.5 Å². The van der Waals surface area contributed by atoms with Crippen molar-refractivity contribution in [2.75, 3.05) is 0 Å². The molecule has 0 bridgehead atoms. The molecule has 2 heterocycles. The second kappa shape index (κ2) is 3.44. The molecule has 0 unspecified atom stereocenters. The summed E-state index contributed by atoms with van der Waals surface area (Å²) in [6.07, 6.45) is -0.0502. The number of esters is 1. The third kappa shape index (κ3) is 1.42. The summed E-state index contributed by atoms with van der Waals surface area (Å²) in [7, 11) is 0. The lowest BCUT2D eigenvalue weighted by Crippen LogP contribution is -2.32. The molecule has 0 saturated carbocycles. The van der Waals surface area contributed by atoms with E-state index in [0.29, 0.717) is 6.42 Å². The van der Waals surface area contributed by atoms with Crippen molar-refractivity contribution in [1.29, 1.82) is 0 Å². The summed E-state index contributed by atoms with van der Waals surface area (Å²) in [4.78, 5) is 11.3. The summed E-state index contributed by atoms with van der Waals surface area (Å²) in [5.74, 6) is -0.204. The number of hydrogen-bond donors (Lipinski definition) is 0. The van der Waals surface area contributed by atoms with Crippen molar-refractivity contribution in [3.63, 3.8) is 0 Å². The molecule has 3 heteroatoms. The van der Waals surface area contributed by atoms with Gasteiger partial charge in [0, 0.05) is 5.57 Å². The zero-order valence-electron chi connectivity index (χ0n) is 9.68. The predicted octanol–water partition coefficient (Wildman–Crippen LogP) is 2.39. The van der Waals surface area contributed by atoms with Crippen LogP contribution in [0.4, 0.5) is 0 Å². The minimum atomic E-state index is -0.655. The maximum atomic E-state index is 11.3. The SMILES string of the molecule is C=C1[C@@H](c2ccccc2)O[C@@H]2CC(=O)O[C@]12C. The lowest BCUT2D eigenvalue weighted by Gasteiger charge is -2.22. The van der Waals surface area contributed by atoms with Crippen LogP contribution in [-0.4, -0.2) is 17.7 Å². The fourth-order valence-electron chi connectivity index (χ4n) is 2.55. The molecule has 2 fully saturated rings. The van der Waals surface area contributed by atoms with Gasteiger partial charge >= 0.3 is 5.97 Å². The zero-order chi connectivity index (χ0) is 12.0. The molecule has 17 heavy (non-hydrogen) atoms. The van der Waals surface area contributed by atoms with E-state index in [4.69, 9.17) is 9.47 Å². The summed E-state index contributed by atoms with van der Waals surface area (Å²) in [6.45, 7) is 5.94. The summed E-state index contributed by atoms with van der Waals surface area (Å²) < 4.78 is 11.3. The molecule has 2 saturated heterocycles. The molecule has 0 aliphatic carbocycles. The molecule has 2 aliphatic rings. The van der Waals surface area contributed by atoms with E-state index in [1.165, 1.54) is 0 Å². The highest BCUT2D eigenvalue weighted by atomic mass is 16.6. The van der Waals surface area contributed by atoms with Gasteiger partial charge in [0.25, 0.3) is 0 Å². The predicted molar refractivity (Wildman–Crippen MR) is 62.3 cm³/mol. The second-order valence-corrected chi connectivity index (χ2v) is 4.73. The maximum Gasteiger partial charge on any atom is 0.309 e. The van der Waals surface area contributed by atoms with Crippen molar-refractivity contribution in [3.05, 3.63) is 48.0 Å². The first-order chi connectivity index (χ1) is 8.11. The summed E-state index contributed by atoms with van der Waals surface area (Å²) in [5.41, 5.74) is 1.24. The van der Waals surface area contributed by atoms with Crippen LogP contribution >= 0.6 is 0 Å². The van der Waals surface area contributed by atoms with E-state index < -0.39 is 5.60 Å². The van der Waals surface area contributed by atoms with Crippen LogP contribution in [-0.2, 0) is 14.3 Å².